The third-order valence-corrected chi connectivity index (χ3v) is 3.82. The molecule has 5 nitrogen and oxygen atoms in total. The lowest BCUT2D eigenvalue weighted by Crippen LogP contribution is -1.99. The van der Waals surface area contributed by atoms with Gasteiger partial charge in [0.05, 0.1) is 5.69 Å². The molecule has 0 spiro atoms. The van der Waals surface area contributed by atoms with E-state index in [1.54, 1.807) is 4.68 Å². The van der Waals surface area contributed by atoms with E-state index in [0.29, 0.717) is 5.16 Å². The Morgan fingerprint density at radius 2 is 1.90 bits per heavy atom. The van der Waals surface area contributed by atoms with Gasteiger partial charge in [-0.1, -0.05) is 24.3 Å². The summed E-state index contributed by atoms with van der Waals surface area (Å²) < 4.78 is 1.70. The number of anilines is 1. The summed E-state index contributed by atoms with van der Waals surface area (Å²) in [5.41, 5.74) is 8.80. The van der Waals surface area contributed by atoms with Crippen molar-refractivity contribution < 1.29 is 0 Å². The fourth-order valence-corrected chi connectivity index (χ4v) is 2.74. The molecule has 20 heavy (non-hydrogen) atoms. The van der Waals surface area contributed by atoms with E-state index >= 15 is 0 Å². The summed E-state index contributed by atoms with van der Waals surface area (Å²) in [5, 5.41) is 12.5. The summed E-state index contributed by atoms with van der Waals surface area (Å²) in [6.07, 6.45) is 0. The van der Waals surface area contributed by atoms with Gasteiger partial charge in [-0.3, -0.25) is 0 Å². The lowest BCUT2D eigenvalue weighted by Gasteiger charge is -2.06. The van der Waals surface area contributed by atoms with Gasteiger partial charge < -0.3 is 5.73 Å². The van der Waals surface area contributed by atoms with Gasteiger partial charge in [-0.15, -0.1) is 5.10 Å². The SMILES string of the molecule is Cc1ccc(N)c(Sc2nnnn2-c2ccccc2)c1. The number of para-hydroxylation sites is 1. The Hall–Kier alpha value is -2.34. The van der Waals surface area contributed by atoms with E-state index in [1.165, 1.54) is 11.8 Å². The monoisotopic (exact) mass is 283 g/mol. The van der Waals surface area contributed by atoms with Gasteiger partial charge >= 0.3 is 0 Å². The topological polar surface area (TPSA) is 69.6 Å². The highest BCUT2D eigenvalue weighted by Crippen LogP contribution is 2.31. The lowest BCUT2D eigenvalue weighted by molar-refractivity contribution is 0.756. The van der Waals surface area contributed by atoms with Crippen molar-refractivity contribution in [1.29, 1.82) is 0 Å². The summed E-state index contributed by atoms with van der Waals surface area (Å²) >= 11 is 1.46. The smallest absolute Gasteiger partial charge is 0.218 e. The number of tetrazole rings is 1. The second kappa shape index (κ2) is 5.34. The van der Waals surface area contributed by atoms with Gasteiger partial charge in [0.1, 0.15) is 0 Å². The number of aryl methyl sites for hydroxylation is 1. The molecule has 2 N–H and O–H groups in total. The maximum absolute atomic E-state index is 6.00. The molecule has 100 valence electrons. The van der Waals surface area contributed by atoms with Gasteiger partial charge in [-0.2, -0.15) is 4.68 Å². The van der Waals surface area contributed by atoms with Crippen molar-refractivity contribution in [2.45, 2.75) is 17.0 Å². The Morgan fingerprint density at radius 1 is 1.10 bits per heavy atom. The zero-order valence-electron chi connectivity index (χ0n) is 10.9. The highest BCUT2D eigenvalue weighted by molar-refractivity contribution is 7.99. The second-order valence-corrected chi connectivity index (χ2v) is 5.36. The number of hydrogen-bond acceptors (Lipinski definition) is 5. The van der Waals surface area contributed by atoms with Crippen LogP contribution in [0, 0.1) is 6.92 Å². The minimum atomic E-state index is 0.688. The number of nitrogens with two attached hydrogens (primary N) is 1. The van der Waals surface area contributed by atoms with Gasteiger partial charge in [0.25, 0.3) is 0 Å². The molecule has 2 aromatic carbocycles. The van der Waals surface area contributed by atoms with Crippen LogP contribution in [-0.2, 0) is 0 Å². The summed E-state index contributed by atoms with van der Waals surface area (Å²) in [6, 6.07) is 15.7. The van der Waals surface area contributed by atoms with Crippen molar-refractivity contribution in [3.8, 4) is 5.69 Å². The molecule has 0 saturated carbocycles. The molecule has 0 aliphatic rings. The third-order valence-electron chi connectivity index (χ3n) is 2.81. The fraction of sp³-hybridized carbons (Fsp3) is 0.0714. The molecule has 1 heterocycles. The molecule has 1 aromatic heterocycles. The van der Waals surface area contributed by atoms with E-state index in [0.717, 1.165) is 21.8 Å². The first-order chi connectivity index (χ1) is 9.74. The molecule has 6 heteroatoms. The summed E-state index contributed by atoms with van der Waals surface area (Å²) in [5.74, 6) is 0. The molecule has 3 rings (SSSR count). The normalized spacial score (nSPS) is 10.7. The van der Waals surface area contributed by atoms with Gasteiger partial charge in [-0.25, -0.2) is 0 Å². The Labute approximate surface area is 120 Å². The van der Waals surface area contributed by atoms with Crippen LogP contribution < -0.4 is 5.73 Å². The Balaban J connectivity index is 1.97. The Bertz CT molecular complexity index is 723. The van der Waals surface area contributed by atoms with Gasteiger partial charge in [0.2, 0.25) is 5.16 Å². The van der Waals surface area contributed by atoms with Crippen molar-refractivity contribution in [2.24, 2.45) is 0 Å². The highest BCUT2D eigenvalue weighted by Gasteiger charge is 2.11. The van der Waals surface area contributed by atoms with Crippen LogP contribution in [0.15, 0.2) is 58.6 Å². The number of aromatic nitrogens is 4. The van der Waals surface area contributed by atoms with E-state index in [1.807, 2.05) is 55.5 Å². The maximum Gasteiger partial charge on any atom is 0.218 e. The van der Waals surface area contributed by atoms with E-state index in [-0.39, 0.29) is 0 Å². The van der Waals surface area contributed by atoms with Gasteiger partial charge in [-0.05, 0) is 58.9 Å². The third kappa shape index (κ3) is 2.50. The van der Waals surface area contributed by atoms with Crippen molar-refractivity contribution >= 4 is 17.4 Å². The van der Waals surface area contributed by atoms with E-state index < -0.39 is 0 Å². The molecule has 0 amide bonds. The average Bonchev–Trinajstić information content (AvgIpc) is 2.92. The predicted octanol–water partition coefficient (Wildman–Crippen LogP) is 2.70. The first-order valence-corrected chi connectivity index (χ1v) is 6.93. The van der Waals surface area contributed by atoms with Crippen molar-refractivity contribution in [3.63, 3.8) is 0 Å². The first kappa shape index (κ1) is 12.7. The van der Waals surface area contributed by atoms with Crippen molar-refractivity contribution in [1.82, 2.24) is 20.2 Å². The molecule has 0 fully saturated rings. The van der Waals surface area contributed by atoms with Crippen LogP contribution in [-0.4, -0.2) is 20.2 Å². The summed E-state index contributed by atoms with van der Waals surface area (Å²) in [6.45, 7) is 2.03. The van der Waals surface area contributed by atoms with Crippen LogP contribution in [0.3, 0.4) is 0 Å². The zero-order valence-corrected chi connectivity index (χ0v) is 11.7. The van der Waals surface area contributed by atoms with Crippen LogP contribution in [0.1, 0.15) is 5.56 Å². The Morgan fingerprint density at radius 3 is 2.70 bits per heavy atom. The Kier molecular flexibility index (Phi) is 3.39. The van der Waals surface area contributed by atoms with Crippen LogP contribution in [0.4, 0.5) is 5.69 Å². The molecular formula is C14H13N5S. The number of nitrogen functional groups attached to an aromatic ring is 1. The van der Waals surface area contributed by atoms with E-state index in [2.05, 4.69) is 15.5 Å². The molecule has 0 saturated heterocycles. The molecular weight excluding hydrogens is 270 g/mol. The number of rotatable bonds is 3. The molecule has 3 aromatic rings. The predicted molar refractivity (Wildman–Crippen MR) is 78.9 cm³/mol. The second-order valence-electron chi connectivity index (χ2n) is 4.35. The standard InChI is InChI=1S/C14H13N5S/c1-10-7-8-12(15)13(9-10)20-14-16-17-18-19(14)11-5-3-2-4-6-11/h2-9H,15H2,1H3. The maximum atomic E-state index is 6.00. The molecule has 0 unspecified atom stereocenters. The van der Waals surface area contributed by atoms with Gasteiger partial charge in [0.15, 0.2) is 0 Å². The summed E-state index contributed by atoms with van der Waals surface area (Å²) in [7, 11) is 0. The molecule has 0 aliphatic carbocycles. The number of benzene rings is 2. The van der Waals surface area contributed by atoms with Gasteiger partial charge in [0, 0.05) is 10.6 Å². The van der Waals surface area contributed by atoms with Crippen LogP contribution in [0.5, 0.6) is 0 Å². The van der Waals surface area contributed by atoms with Crippen molar-refractivity contribution in [3.05, 3.63) is 54.1 Å². The molecule has 0 bridgehead atoms. The molecule has 0 atom stereocenters. The van der Waals surface area contributed by atoms with E-state index in [9.17, 15) is 0 Å². The average molecular weight is 283 g/mol. The largest absolute Gasteiger partial charge is 0.398 e. The molecule has 0 aliphatic heterocycles. The van der Waals surface area contributed by atoms with Crippen LogP contribution >= 0.6 is 11.8 Å². The minimum Gasteiger partial charge on any atom is -0.398 e. The van der Waals surface area contributed by atoms with Crippen molar-refractivity contribution in [2.75, 3.05) is 5.73 Å². The summed E-state index contributed by atoms with van der Waals surface area (Å²) in [4.78, 5) is 0.956. The fourth-order valence-electron chi connectivity index (χ4n) is 1.80. The minimum absolute atomic E-state index is 0.688. The lowest BCUT2D eigenvalue weighted by atomic mass is 10.2. The van der Waals surface area contributed by atoms with E-state index in [4.69, 9.17) is 5.73 Å². The van der Waals surface area contributed by atoms with Crippen LogP contribution in [0.2, 0.25) is 0 Å². The molecule has 0 radical (unpaired) electrons. The highest BCUT2D eigenvalue weighted by atomic mass is 32.2. The number of nitrogens with zero attached hydrogens (tertiary/aromatic N) is 4. The van der Waals surface area contributed by atoms with Crippen LogP contribution in [0.25, 0.3) is 5.69 Å². The quantitative estimate of drug-likeness (QED) is 0.748. The first-order valence-electron chi connectivity index (χ1n) is 6.12. The zero-order chi connectivity index (χ0) is 13.9. The number of hydrogen-bond donors (Lipinski definition) is 1.